The van der Waals surface area contributed by atoms with E-state index in [1.807, 2.05) is 48.5 Å². The Kier molecular flexibility index (Phi) is 7.28. The van der Waals surface area contributed by atoms with Crippen molar-refractivity contribution in [2.45, 2.75) is 17.7 Å². The van der Waals surface area contributed by atoms with Crippen LogP contribution in [0.15, 0.2) is 169 Å². The number of rotatable bonds is 1. The van der Waals surface area contributed by atoms with E-state index in [0.29, 0.717) is 12.0 Å². The first-order valence-electron chi connectivity index (χ1n) is 16.9. The molecule has 2 unspecified atom stereocenters. The van der Waals surface area contributed by atoms with Gasteiger partial charge in [-0.05, 0) is 60.7 Å². The zero-order valence-electron chi connectivity index (χ0n) is 28.0. The van der Waals surface area contributed by atoms with Crippen molar-refractivity contribution in [2.75, 3.05) is 0 Å². The molecule has 1 radical (unpaired) electrons. The number of benzene rings is 2. The Morgan fingerprint density at radius 3 is 1.92 bits per heavy atom. The summed E-state index contributed by atoms with van der Waals surface area (Å²) in [5.41, 5.74) is 12.9. The fourth-order valence-electron chi connectivity index (χ4n) is 8.98. The summed E-state index contributed by atoms with van der Waals surface area (Å²) in [4.78, 5) is 0. The first-order chi connectivity index (χ1) is 25.2. The molecule has 11 rings (SSSR count). The molecule has 239 valence electrons. The van der Waals surface area contributed by atoms with Gasteiger partial charge in [-0.15, -0.1) is 19.8 Å². The van der Waals surface area contributed by atoms with Crippen molar-refractivity contribution < 1.29 is 51.0 Å². The second-order valence-electron chi connectivity index (χ2n) is 13.1. The van der Waals surface area contributed by atoms with Crippen LogP contribution in [0, 0.1) is 35.3 Å². The number of pyridine rings is 4. The molecule has 0 fully saturated rings. The summed E-state index contributed by atoms with van der Waals surface area (Å²) in [6, 6.07) is 44.1. The van der Waals surface area contributed by atoms with Crippen LogP contribution in [0.25, 0.3) is 28.1 Å². The molecule has 0 saturated carbocycles. The van der Waals surface area contributed by atoms with Gasteiger partial charge in [0.15, 0.2) is 24.8 Å². The fraction of sp³-hybridized carbons (Fsp3) is 0.0667. The topological polar surface area (TPSA) is 63.1 Å². The molecule has 0 saturated heterocycles. The van der Waals surface area contributed by atoms with Crippen molar-refractivity contribution in [1.29, 1.82) is 10.5 Å². The third-order valence-electron chi connectivity index (χ3n) is 10.9. The molecular weight excluding hydrogens is 713 g/mol. The number of nitriles is 2. The molecule has 1 aliphatic carbocycles. The number of fused-ring (bicyclic) bond motifs is 16. The minimum Gasteiger partial charge on any atom is -0.360 e. The van der Waals surface area contributed by atoms with E-state index in [1.165, 1.54) is 28.0 Å². The first-order valence-corrected chi connectivity index (χ1v) is 16.9. The largest absolute Gasteiger partial charge is 0.417 e. The van der Waals surface area contributed by atoms with Crippen LogP contribution in [-0.4, -0.2) is 0 Å². The van der Waals surface area contributed by atoms with Gasteiger partial charge >= 0.3 is 11.3 Å². The number of hydrogen-bond acceptors (Lipinski definition) is 2. The minimum atomic E-state index is -0.587. The molecule has 4 aromatic heterocycles. The summed E-state index contributed by atoms with van der Waals surface area (Å²) in [6.45, 7) is 6.02. The predicted octanol–water partition coefficient (Wildman–Crippen LogP) is 5.55. The Hall–Kier alpha value is -5.92. The normalized spacial score (nSPS) is 19.7. The van der Waals surface area contributed by atoms with E-state index in [1.54, 1.807) is 6.08 Å². The Bertz CT molecular complexity index is 2700. The van der Waals surface area contributed by atoms with Gasteiger partial charge in [-0.1, -0.05) is 18.2 Å². The van der Waals surface area contributed by atoms with Gasteiger partial charge in [-0.3, -0.25) is 0 Å². The van der Waals surface area contributed by atoms with Gasteiger partial charge in [0.1, 0.15) is 11.1 Å². The molecule has 0 N–H and O–H groups in total. The molecule has 2 atom stereocenters. The van der Waals surface area contributed by atoms with Crippen molar-refractivity contribution in [3.63, 3.8) is 0 Å². The molecule has 2 spiro atoms. The van der Waals surface area contributed by atoms with Crippen molar-refractivity contribution in [3.8, 4) is 34.7 Å². The van der Waals surface area contributed by atoms with Gasteiger partial charge in [0.2, 0.25) is 17.1 Å². The smallest absolute Gasteiger partial charge is 0.360 e. The second-order valence-corrected chi connectivity index (χ2v) is 13.1. The van der Waals surface area contributed by atoms with E-state index in [2.05, 4.69) is 134 Å². The molecule has 4 aliphatic heterocycles. The van der Waals surface area contributed by atoms with Crippen molar-refractivity contribution in [1.82, 2.24) is 0 Å². The summed E-state index contributed by atoms with van der Waals surface area (Å²) in [6.07, 6.45) is 16.2. The zero-order valence-corrected chi connectivity index (χ0v) is 30.8. The van der Waals surface area contributed by atoms with Gasteiger partial charge in [0.05, 0.1) is 40.1 Å². The van der Waals surface area contributed by atoms with Gasteiger partial charge in [0.25, 0.3) is 0 Å². The molecule has 6 nitrogen and oxygen atoms in total. The zero-order chi connectivity index (χ0) is 34.3. The number of aromatic nitrogens is 4. The van der Waals surface area contributed by atoms with Gasteiger partial charge in [-0.25, -0.2) is 0 Å². The molecule has 5 aliphatic rings. The second kappa shape index (κ2) is 11.8. The molecular formula is C45H28N6Y+2. The Morgan fingerprint density at radius 1 is 0.635 bits per heavy atom. The van der Waals surface area contributed by atoms with Crippen LogP contribution >= 0.6 is 0 Å². The number of allylic oxidation sites excluding steroid dienone is 6. The van der Waals surface area contributed by atoms with E-state index >= 15 is 0 Å². The maximum absolute atomic E-state index is 9.43. The molecule has 52 heavy (non-hydrogen) atoms. The van der Waals surface area contributed by atoms with Crippen LogP contribution in [0.2, 0.25) is 0 Å². The average Bonchev–Trinajstić information content (AvgIpc) is 3.98. The summed E-state index contributed by atoms with van der Waals surface area (Å²) in [5, 5.41) is 18.8. The van der Waals surface area contributed by atoms with Crippen LogP contribution in [-0.2, 0) is 44.0 Å². The van der Waals surface area contributed by atoms with E-state index < -0.39 is 11.3 Å². The molecule has 7 heteroatoms. The van der Waals surface area contributed by atoms with Crippen LogP contribution in [0.5, 0.6) is 0 Å². The molecule has 6 aromatic rings. The Balaban J connectivity index is 0.000000137. The monoisotopic (exact) mass is 741 g/mol. The summed E-state index contributed by atoms with van der Waals surface area (Å²) >= 11 is 0. The van der Waals surface area contributed by atoms with Crippen molar-refractivity contribution >= 4 is 5.57 Å². The first kappa shape index (κ1) is 32.0. The van der Waals surface area contributed by atoms with E-state index in [0.717, 1.165) is 39.4 Å². The van der Waals surface area contributed by atoms with Gasteiger partial charge in [-0.2, -0.15) is 26.7 Å². The quantitative estimate of drug-likeness (QED) is 0.164. The van der Waals surface area contributed by atoms with Crippen molar-refractivity contribution in [2.24, 2.45) is 0 Å². The summed E-state index contributed by atoms with van der Waals surface area (Å²) in [5.74, 6) is 0. The van der Waals surface area contributed by atoms with Crippen LogP contribution in [0.1, 0.15) is 34.5 Å². The van der Waals surface area contributed by atoms with E-state index in [-0.39, 0.29) is 32.7 Å². The predicted molar refractivity (Wildman–Crippen MR) is 187 cm³/mol. The SMILES string of the molecule is N#Cc1ccc2c(c1)-c1cccc[n+]1C21c2ccccc2-c2cccc[n+]21.[CH-]=CC1=[C-]c2cccc[n+]2C12C1=C(CC(C#N)=C1)c1cccc[n+]12.[Y]. The van der Waals surface area contributed by atoms with E-state index in [9.17, 15) is 10.5 Å². The van der Waals surface area contributed by atoms with Crippen LogP contribution in [0.3, 0.4) is 0 Å². The van der Waals surface area contributed by atoms with Crippen LogP contribution in [0.4, 0.5) is 0 Å². The minimum absolute atomic E-state index is 0. The number of nitrogens with zero attached hydrogens (tertiary/aromatic N) is 6. The van der Waals surface area contributed by atoms with Crippen molar-refractivity contribution in [3.05, 3.63) is 210 Å². The Labute approximate surface area is 327 Å². The van der Waals surface area contributed by atoms with Crippen LogP contribution < -0.4 is 18.3 Å². The molecule has 8 heterocycles. The maximum Gasteiger partial charge on any atom is 0.417 e. The molecule has 2 aromatic carbocycles. The molecule has 0 amide bonds. The fourth-order valence-corrected chi connectivity index (χ4v) is 8.98. The number of hydrogen-bond donors (Lipinski definition) is 0. The average molecular weight is 742 g/mol. The summed E-state index contributed by atoms with van der Waals surface area (Å²) < 4.78 is 9.13. The standard InChI is InChI=1S/C24H15N3.C21H13N3.Y/c25-16-17-11-12-21-19(15-17)23-10-4-6-14-27(23)24(21)20-8-2-1-7-18(20)22-9-3-5-13-26(22)24;1-2-16-13-17-7-3-5-9-23(17)21(16)19-12-15(14-22)11-18(19)20-8-4-6-10-24(20)21;/h1-15H;1-10,12H,11H2;/q+2;;. The van der Waals surface area contributed by atoms with Gasteiger partial charge < -0.3 is 12.7 Å². The van der Waals surface area contributed by atoms with Gasteiger partial charge in [0, 0.05) is 86.7 Å². The van der Waals surface area contributed by atoms with E-state index in [4.69, 9.17) is 6.58 Å². The molecule has 0 bridgehead atoms. The third-order valence-corrected chi connectivity index (χ3v) is 10.9. The Morgan fingerprint density at radius 2 is 1.23 bits per heavy atom. The maximum atomic E-state index is 9.43. The summed E-state index contributed by atoms with van der Waals surface area (Å²) in [7, 11) is 0. The third kappa shape index (κ3) is 3.94.